The molecule has 3 fully saturated rings. The third-order valence-corrected chi connectivity index (χ3v) is 12.1. The number of rotatable bonds is 13. The summed E-state index contributed by atoms with van der Waals surface area (Å²) >= 11 is 0. The molecule has 1 aliphatic heterocycles. The Morgan fingerprint density at radius 2 is 1.65 bits per heavy atom. The lowest BCUT2D eigenvalue weighted by molar-refractivity contribution is -0.145. The van der Waals surface area contributed by atoms with Gasteiger partial charge in [-0.2, -0.15) is 0 Å². The van der Waals surface area contributed by atoms with Gasteiger partial charge in [-0.1, -0.05) is 47.6 Å². The van der Waals surface area contributed by atoms with E-state index in [-0.39, 0.29) is 25.3 Å². The largest absolute Gasteiger partial charge is 0.497 e. The average molecular weight is 785 g/mol. The zero-order valence-corrected chi connectivity index (χ0v) is 33.4. The van der Waals surface area contributed by atoms with Crippen LogP contribution in [0, 0.1) is 16.7 Å². The summed E-state index contributed by atoms with van der Waals surface area (Å²) in [5.41, 5.74) is -3.24. The Kier molecular flexibility index (Phi) is 11.5. The van der Waals surface area contributed by atoms with E-state index >= 15 is 0 Å². The number of amides is 5. The normalized spacial score (nSPS) is 23.5. The highest BCUT2D eigenvalue weighted by molar-refractivity contribution is 7.91. The van der Waals surface area contributed by atoms with Crippen LogP contribution in [0.1, 0.15) is 67.2 Å². The number of aromatic nitrogens is 1. The van der Waals surface area contributed by atoms with Crippen LogP contribution in [-0.2, 0) is 33.9 Å². The van der Waals surface area contributed by atoms with E-state index in [2.05, 4.69) is 32.2 Å². The van der Waals surface area contributed by atoms with Crippen molar-refractivity contribution in [1.29, 1.82) is 0 Å². The van der Waals surface area contributed by atoms with Crippen LogP contribution in [-0.4, -0.2) is 104 Å². The molecule has 5 amide bonds. The highest BCUT2D eigenvalue weighted by Gasteiger charge is 2.62. The Morgan fingerprint density at radius 3 is 2.22 bits per heavy atom. The molecular weight excluding hydrogens is 733 g/mol. The number of fused-ring (bicyclic) bond motifs is 1. The summed E-state index contributed by atoms with van der Waals surface area (Å²) in [6.45, 7) is 14.1. The van der Waals surface area contributed by atoms with Crippen molar-refractivity contribution in [2.45, 2.75) is 102 Å². The molecule has 1 aromatic heterocycles. The molecule has 16 nitrogen and oxygen atoms in total. The van der Waals surface area contributed by atoms with Crippen LogP contribution in [0.15, 0.2) is 43.1 Å². The molecule has 0 radical (unpaired) electrons. The molecule has 5 rings (SSSR count). The Balaban J connectivity index is 1.45. The number of sulfonamides is 1. The Labute approximate surface area is 321 Å². The van der Waals surface area contributed by atoms with Crippen LogP contribution in [0.3, 0.4) is 0 Å². The molecule has 17 heteroatoms. The number of urea groups is 1. The smallest absolute Gasteiger partial charge is 0.328 e. The Bertz CT molecular complexity index is 1970. The molecule has 3 aliphatic rings. The van der Waals surface area contributed by atoms with E-state index in [4.69, 9.17) is 14.2 Å². The van der Waals surface area contributed by atoms with E-state index in [1.807, 2.05) is 6.07 Å². The van der Waals surface area contributed by atoms with Gasteiger partial charge in [-0.25, -0.2) is 23.0 Å². The summed E-state index contributed by atoms with van der Waals surface area (Å²) in [7, 11) is -1.16. The molecule has 0 unspecified atom stereocenters. The molecule has 2 aliphatic carbocycles. The first-order valence-corrected chi connectivity index (χ1v) is 19.7. The van der Waals surface area contributed by atoms with Gasteiger partial charge in [0.25, 0.3) is 5.91 Å². The molecule has 1 aromatic carbocycles. The summed E-state index contributed by atoms with van der Waals surface area (Å²) in [4.78, 5) is 74.3. The quantitative estimate of drug-likeness (QED) is 0.171. The number of hydrogen-bond donors (Lipinski definition) is 4. The Morgan fingerprint density at radius 1 is 1.00 bits per heavy atom. The minimum absolute atomic E-state index is 0.0277. The second-order valence-electron chi connectivity index (χ2n) is 16.6. The summed E-state index contributed by atoms with van der Waals surface area (Å²) in [5, 5.41) is 8.90. The van der Waals surface area contributed by atoms with Crippen molar-refractivity contribution in [1.82, 2.24) is 30.6 Å². The number of methoxy groups -OCH3 is 2. The fraction of sp³-hybridized carbons (Fsp3) is 0.579. The topological polar surface area (TPSA) is 211 Å². The SMILES string of the molecule is C=C[C@@H]1C[C@]1(NC(=O)[C@@H]1C[C@@H](Oc2nccc3cc(OC)ccc23)CN1C(=O)[C@@H](NC(=O)N[C@H](C(=O)OC)C(C)(C)C)C(C)(C)C)C(=O)NS(=O)(=O)C1CC1. The minimum Gasteiger partial charge on any atom is -0.497 e. The number of carbonyl (C=O) groups excluding carboxylic acids is 5. The maximum Gasteiger partial charge on any atom is 0.328 e. The van der Waals surface area contributed by atoms with Crippen LogP contribution in [0.25, 0.3) is 10.8 Å². The van der Waals surface area contributed by atoms with E-state index < -0.39 is 91.5 Å². The molecule has 300 valence electrons. The molecule has 6 atom stereocenters. The number of carbonyl (C=O) groups is 5. The third-order valence-electron chi connectivity index (χ3n) is 10.3. The van der Waals surface area contributed by atoms with Crippen molar-refractivity contribution in [3.8, 4) is 11.6 Å². The number of nitrogens with one attached hydrogen (secondary N) is 4. The van der Waals surface area contributed by atoms with Crippen molar-refractivity contribution >= 4 is 50.5 Å². The Hall–Kier alpha value is -4.93. The van der Waals surface area contributed by atoms with Crippen molar-refractivity contribution < 1.29 is 46.6 Å². The summed E-state index contributed by atoms with van der Waals surface area (Å²) in [6.07, 6.45) is 3.23. The van der Waals surface area contributed by atoms with E-state index in [0.29, 0.717) is 24.0 Å². The lowest BCUT2D eigenvalue weighted by atomic mass is 9.85. The second kappa shape index (κ2) is 15.3. The van der Waals surface area contributed by atoms with E-state index in [1.165, 1.54) is 18.1 Å². The second-order valence-corrected chi connectivity index (χ2v) is 18.6. The standard InChI is InChI=1S/C38H52N6O10S/c1-10-22-19-38(22,34(48)43-55(50,51)25-12-13-25)42-30(45)27-18-24(54-31-26-14-11-23(52-8)17-21(26)15-16-39-31)20-44(27)32(46)28(36(2,3)4)40-35(49)41-29(33(47)53-9)37(5,6)7/h10-11,14-17,22,24-25,27-29H,1,12-13,18-20H2,2-9H3,(H,42,45)(H,43,48)(H2,40,41,49)/t22-,24-,27+,28-,29-,38-/m1/s1. The fourth-order valence-electron chi connectivity index (χ4n) is 6.77. The van der Waals surface area contributed by atoms with Gasteiger partial charge >= 0.3 is 12.0 Å². The molecule has 0 spiro atoms. The number of esters is 1. The van der Waals surface area contributed by atoms with Crippen molar-refractivity contribution in [3.63, 3.8) is 0 Å². The lowest BCUT2D eigenvalue weighted by Crippen LogP contribution is -2.62. The summed E-state index contributed by atoms with van der Waals surface area (Å²) in [5.74, 6) is -2.55. The van der Waals surface area contributed by atoms with Gasteiger partial charge in [0.1, 0.15) is 35.5 Å². The number of ether oxygens (including phenoxy) is 3. The van der Waals surface area contributed by atoms with E-state index in [1.54, 1.807) is 73.0 Å². The predicted molar refractivity (Wildman–Crippen MR) is 202 cm³/mol. The van der Waals surface area contributed by atoms with Gasteiger partial charge in [-0.15, -0.1) is 6.58 Å². The number of pyridine rings is 1. The van der Waals surface area contributed by atoms with Gasteiger partial charge in [0.05, 0.1) is 26.0 Å². The van der Waals surface area contributed by atoms with Crippen LogP contribution in [0.2, 0.25) is 0 Å². The van der Waals surface area contributed by atoms with Crippen LogP contribution < -0.4 is 30.1 Å². The fourth-order valence-corrected chi connectivity index (χ4v) is 8.13. The van der Waals surface area contributed by atoms with Gasteiger partial charge in [-0.3, -0.25) is 19.1 Å². The van der Waals surface area contributed by atoms with Gasteiger partial charge in [-0.05, 0) is 59.7 Å². The predicted octanol–water partition coefficient (Wildman–Crippen LogP) is 2.56. The summed E-state index contributed by atoms with van der Waals surface area (Å²) in [6, 6.07) is 2.87. The first-order valence-electron chi connectivity index (χ1n) is 18.2. The first-order chi connectivity index (χ1) is 25.6. The molecule has 1 saturated heterocycles. The van der Waals surface area contributed by atoms with E-state index in [9.17, 15) is 32.4 Å². The van der Waals surface area contributed by atoms with E-state index in [0.717, 1.165) is 5.39 Å². The number of nitrogens with zero attached hydrogens (tertiary/aromatic N) is 2. The highest BCUT2D eigenvalue weighted by atomic mass is 32.2. The van der Waals surface area contributed by atoms with Crippen molar-refractivity contribution in [3.05, 3.63) is 43.1 Å². The number of hydrogen-bond acceptors (Lipinski definition) is 11. The monoisotopic (exact) mass is 784 g/mol. The van der Waals surface area contributed by atoms with Gasteiger partial charge in [0, 0.05) is 23.9 Å². The molecule has 4 N–H and O–H groups in total. The average Bonchev–Trinajstić information content (AvgIpc) is 4.04. The van der Waals surface area contributed by atoms with Crippen molar-refractivity contribution in [2.75, 3.05) is 20.8 Å². The molecule has 0 bridgehead atoms. The first kappa shape index (κ1) is 41.2. The lowest BCUT2D eigenvalue weighted by Gasteiger charge is -2.36. The number of likely N-dealkylation sites (tertiary alicyclic amines) is 1. The van der Waals surface area contributed by atoms with Crippen LogP contribution in [0.4, 0.5) is 4.79 Å². The molecule has 55 heavy (non-hydrogen) atoms. The minimum atomic E-state index is -3.93. The van der Waals surface area contributed by atoms with Gasteiger partial charge in [0.2, 0.25) is 27.7 Å². The van der Waals surface area contributed by atoms with Crippen LogP contribution in [0.5, 0.6) is 11.6 Å². The van der Waals surface area contributed by atoms with Crippen molar-refractivity contribution in [2.24, 2.45) is 16.7 Å². The molecule has 2 aromatic rings. The number of benzene rings is 1. The van der Waals surface area contributed by atoms with Crippen LogP contribution >= 0.6 is 0 Å². The summed E-state index contributed by atoms with van der Waals surface area (Å²) < 4.78 is 44.2. The highest BCUT2D eigenvalue weighted by Crippen LogP contribution is 2.45. The zero-order valence-electron chi connectivity index (χ0n) is 32.6. The molecule has 2 saturated carbocycles. The van der Waals surface area contributed by atoms with Gasteiger partial charge in [0.15, 0.2) is 0 Å². The third kappa shape index (κ3) is 8.97. The maximum absolute atomic E-state index is 14.7. The maximum atomic E-state index is 14.7. The van der Waals surface area contributed by atoms with Gasteiger partial charge < -0.3 is 35.1 Å². The molecular formula is C38H52N6O10S. The zero-order chi connectivity index (χ0) is 40.7. The molecule has 2 heterocycles.